The Bertz CT molecular complexity index is 596. The number of hydrogen-bond donors (Lipinski definition) is 2. The van der Waals surface area contributed by atoms with Crippen LogP contribution in [0.5, 0.6) is 0 Å². The normalized spacial score (nSPS) is 31.3. The van der Waals surface area contributed by atoms with Crippen molar-refractivity contribution >= 4 is 5.91 Å². The summed E-state index contributed by atoms with van der Waals surface area (Å²) in [6.07, 6.45) is 8.10. The van der Waals surface area contributed by atoms with Crippen LogP contribution in [0.4, 0.5) is 0 Å². The van der Waals surface area contributed by atoms with Gasteiger partial charge in [-0.1, -0.05) is 19.3 Å². The highest BCUT2D eigenvalue weighted by molar-refractivity contribution is 5.84. The fourth-order valence-electron chi connectivity index (χ4n) is 4.89. The van der Waals surface area contributed by atoms with Crippen molar-refractivity contribution in [3.05, 3.63) is 12.2 Å². The summed E-state index contributed by atoms with van der Waals surface area (Å²) < 4.78 is 2.18. The molecule has 2 atom stereocenters. The van der Waals surface area contributed by atoms with Crippen LogP contribution in [-0.2, 0) is 11.3 Å². The van der Waals surface area contributed by atoms with E-state index >= 15 is 0 Å². The number of nitrogens with zero attached hydrogens (tertiary/aromatic N) is 4. The van der Waals surface area contributed by atoms with Gasteiger partial charge in [-0.25, -0.2) is 0 Å². The average molecular weight is 332 g/mol. The van der Waals surface area contributed by atoms with Gasteiger partial charge in [-0.3, -0.25) is 4.79 Å². The second-order valence-electron chi connectivity index (χ2n) is 7.81. The Labute approximate surface area is 143 Å². The second-order valence-corrected chi connectivity index (χ2v) is 7.81. The van der Waals surface area contributed by atoms with Crippen LogP contribution in [0.3, 0.4) is 0 Å². The standard InChI is InChI=1S/C17H28N6O/c1-22-9-13-7-18-10-17(13,11-22)16(24)19-8-15-21-20-12-23(15)14-5-3-2-4-6-14/h12-14,18H,2-11H2,1H3,(H,19,24)/t13-,17-/m1/s1. The molecule has 1 amide bonds. The van der Waals surface area contributed by atoms with E-state index in [4.69, 9.17) is 0 Å². The molecule has 2 saturated heterocycles. The Morgan fingerprint density at radius 1 is 1.42 bits per heavy atom. The van der Waals surface area contributed by atoms with Crippen molar-refractivity contribution < 1.29 is 4.79 Å². The Hall–Kier alpha value is -1.47. The van der Waals surface area contributed by atoms with Gasteiger partial charge in [0.1, 0.15) is 6.33 Å². The number of hydrogen-bond acceptors (Lipinski definition) is 5. The zero-order chi connectivity index (χ0) is 16.6. The van der Waals surface area contributed by atoms with E-state index in [-0.39, 0.29) is 11.3 Å². The van der Waals surface area contributed by atoms with Crippen molar-refractivity contribution in [2.45, 2.75) is 44.7 Å². The quantitative estimate of drug-likeness (QED) is 0.842. The van der Waals surface area contributed by atoms with Gasteiger partial charge in [0.2, 0.25) is 5.91 Å². The van der Waals surface area contributed by atoms with Gasteiger partial charge in [0.05, 0.1) is 12.0 Å². The lowest BCUT2D eigenvalue weighted by Crippen LogP contribution is -2.47. The number of carbonyl (C=O) groups excluding carboxylic acids is 1. The maximum Gasteiger partial charge on any atom is 0.229 e. The highest BCUT2D eigenvalue weighted by atomic mass is 16.2. The molecular formula is C17H28N6O. The van der Waals surface area contributed by atoms with Gasteiger partial charge in [-0.05, 0) is 19.9 Å². The number of amides is 1. The molecule has 2 N–H and O–H groups in total. The molecule has 1 saturated carbocycles. The van der Waals surface area contributed by atoms with Crippen LogP contribution >= 0.6 is 0 Å². The van der Waals surface area contributed by atoms with Gasteiger partial charge in [0, 0.05) is 38.1 Å². The summed E-state index contributed by atoms with van der Waals surface area (Å²) in [6.45, 7) is 4.04. The number of nitrogens with one attached hydrogen (secondary N) is 2. The average Bonchev–Trinajstić information content (AvgIpc) is 3.27. The summed E-state index contributed by atoms with van der Waals surface area (Å²) in [5, 5.41) is 14.9. The predicted molar refractivity (Wildman–Crippen MR) is 90.3 cm³/mol. The van der Waals surface area contributed by atoms with E-state index < -0.39 is 0 Å². The Kier molecular flexibility index (Phi) is 4.30. The molecule has 0 bridgehead atoms. The van der Waals surface area contributed by atoms with Crippen LogP contribution in [0.15, 0.2) is 6.33 Å². The molecule has 0 aromatic carbocycles. The van der Waals surface area contributed by atoms with Crippen LogP contribution in [0.1, 0.15) is 44.0 Å². The van der Waals surface area contributed by atoms with Gasteiger partial charge >= 0.3 is 0 Å². The summed E-state index contributed by atoms with van der Waals surface area (Å²) in [5.41, 5.74) is -0.273. The Balaban J connectivity index is 1.42. The molecule has 3 heterocycles. The highest BCUT2D eigenvalue weighted by Gasteiger charge is 2.53. The minimum Gasteiger partial charge on any atom is -0.348 e. The van der Waals surface area contributed by atoms with Crippen LogP contribution in [0, 0.1) is 11.3 Å². The lowest BCUT2D eigenvalue weighted by atomic mass is 9.80. The van der Waals surface area contributed by atoms with Crippen LogP contribution in [0.2, 0.25) is 0 Å². The third-order valence-electron chi connectivity index (χ3n) is 6.17. The fourth-order valence-corrected chi connectivity index (χ4v) is 4.89. The topological polar surface area (TPSA) is 75.1 Å². The predicted octanol–water partition coefficient (Wildman–Crippen LogP) is 0.551. The first kappa shape index (κ1) is 16.0. The lowest BCUT2D eigenvalue weighted by molar-refractivity contribution is -0.131. The molecule has 2 aliphatic heterocycles. The third kappa shape index (κ3) is 2.73. The SMILES string of the molecule is CN1C[C@H]2CNC[C@@]2(C(=O)NCc2nncn2C2CCCCC2)C1. The molecule has 132 valence electrons. The maximum atomic E-state index is 12.9. The number of carbonyl (C=O) groups is 1. The molecule has 7 heteroatoms. The largest absolute Gasteiger partial charge is 0.348 e. The van der Waals surface area contributed by atoms with Crippen molar-refractivity contribution in [1.82, 2.24) is 30.3 Å². The number of aromatic nitrogens is 3. The molecule has 1 aromatic rings. The van der Waals surface area contributed by atoms with Crippen molar-refractivity contribution in [2.24, 2.45) is 11.3 Å². The molecule has 7 nitrogen and oxygen atoms in total. The van der Waals surface area contributed by atoms with E-state index in [0.717, 1.165) is 32.0 Å². The fraction of sp³-hybridized carbons (Fsp3) is 0.824. The molecule has 24 heavy (non-hydrogen) atoms. The first-order valence-corrected chi connectivity index (χ1v) is 9.25. The third-order valence-corrected chi connectivity index (χ3v) is 6.17. The van der Waals surface area contributed by atoms with Gasteiger partial charge in [-0.15, -0.1) is 10.2 Å². The van der Waals surface area contributed by atoms with E-state index in [9.17, 15) is 4.79 Å². The molecular weight excluding hydrogens is 304 g/mol. The van der Waals surface area contributed by atoms with Gasteiger partial charge in [-0.2, -0.15) is 0 Å². The maximum absolute atomic E-state index is 12.9. The molecule has 1 aliphatic carbocycles. The van der Waals surface area contributed by atoms with Crippen molar-refractivity contribution in [1.29, 1.82) is 0 Å². The zero-order valence-electron chi connectivity index (χ0n) is 14.5. The molecule has 1 aromatic heterocycles. The monoisotopic (exact) mass is 332 g/mol. The molecule has 4 rings (SSSR count). The summed E-state index contributed by atoms with van der Waals surface area (Å²) in [5.74, 6) is 1.47. The summed E-state index contributed by atoms with van der Waals surface area (Å²) in [4.78, 5) is 15.2. The highest BCUT2D eigenvalue weighted by Crippen LogP contribution is 2.38. The van der Waals surface area contributed by atoms with E-state index in [0.29, 0.717) is 18.5 Å². The van der Waals surface area contributed by atoms with Crippen molar-refractivity contribution in [3.63, 3.8) is 0 Å². The summed E-state index contributed by atoms with van der Waals surface area (Å²) in [7, 11) is 2.10. The number of rotatable bonds is 4. The number of fused-ring (bicyclic) bond motifs is 1. The molecule has 3 aliphatic rings. The van der Waals surface area contributed by atoms with E-state index in [2.05, 4.69) is 37.3 Å². The first-order chi connectivity index (χ1) is 11.7. The van der Waals surface area contributed by atoms with E-state index in [1.165, 1.54) is 32.1 Å². The first-order valence-electron chi connectivity index (χ1n) is 9.25. The minimum absolute atomic E-state index is 0.167. The zero-order valence-corrected chi connectivity index (χ0v) is 14.5. The minimum atomic E-state index is -0.273. The lowest BCUT2D eigenvalue weighted by Gasteiger charge is -2.27. The van der Waals surface area contributed by atoms with Gasteiger partial charge < -0.3 is 20.1 Å². The van der Waals surface area contributed by atoms with E-state index in [1.54, 1.807) is 0 Å². The molecule has 3 fully saturated rings. The molecule has 0 spiro atoms. The van der Waals surface area contributed by atoms with Gasteiger partial charge in [0.25, 0.3) is 0 Å². The van der Waals surface area contributed by atoms with Crippen molar-refractivity contribution in [3.8, 4) is 0 Å². The van der Waals surface area contributed by atoms with Crippen LogP contribution in [0.25, 0.3) is 0 Å². The summed E-state index contributed by atoms with van der Waals surface area (Å²) in [6, 6.07) is 0.498. The van der Waals surface area contributed by atoms with Crippen molar-refractivity contribution in [2.75, 3.05) is 33.2 Å². The molecule has 0 radical (unpaired) electrons. The summed E-state index contributed by atoms with van der Waals surface area (Å²) >= 11 is 0. The molecule has 0 unspecified atom stereocenters. The van der Waals surface area contributed by atoms with Crippen LogP contribution in [-0.4, -0.2) is 58.8 Å². The smallest absolute Gasteiger partial charge is 0.229 e. The Morgan fingerprint density at radius 2 is 2.25 bits per heavy atom. The second kappa shape index (κ2) is 6.44. The van der Waals surface area contributed by atoms with Gasteiger partial charge in [0.15, 0.2) is 5.82 Å². The van der Waals surface area contributed by atoms with Crippen LogP contribution < -0.4 is 10.6 Å². The van der Waals surface area contributed by atoms with E-state index in [1.807, 2.05) is 6.33 Å². The number of likely N-dealkylation sites (tertiary alicyclic amines) is 1. The Morgan fingerprint density at radius 3 is 3.08 bits per heavy atom.